The molecule has 0 atom stereocenters. The highest BCUT2D eigenvalue weighted by Crippen LogP contribution is 2.25. The van der Waals surface area contributed by atoms with Gasteiger partial charge in [0.2, 0.25) is 10.0 Å². The van der Waals surface area contributed by atoms with Gasteiger partial charge in [-0.15, -0.1) is 13.2 Å². The topological polar surface area (TPSA) is 92.1 Å². The lowest BCUT2D eigenvalue weighted by molar-refractivity contribution is -0.274. The third kappa shape index (κ3) is 5.41. The number of amides is 2. The molecular formula is C17H18F3N3O5S. The van der Waals surface area contributed by atoms with Crippen LogP contribution in [0.25, 0.3) is 0 Å². The second kappa shape index (κ2) is 8.33. The summed E-state index contributed by atoms with van der Waals surface area (Å²) in [6.45, 7) is 0.808. The molecule has 1 N–H and O–H groups in total. The van der Waals surface area contributed by atoms with Gasteiger partial charge in [-0.05, 0) is 30.3 Å². The van der Waals surface area contributed by atoms with E-state index in [0.717, 1.165) is 29.8 Å². The van der Waals surface area contributed by atoms with Crippen LogP contribution >= 0.6 is 0 Å². The number of rotatable bonds is 5. The fraction of sp³-hybridized carbons (Fsp3) is 0.353. The zero-order valence-electron chi connectivity index (χ0n) is 15.1. The first-order valence-electron chi connectivity index (χ1n) is 8.55. The molecule has 2 heterocycles. The molecule has 0 saturated carbocycles. The molecule has 1 fully saturated rings. The van der Waals surface area contributed by atoms with Gasteiger partial charge >= 0.3 is 12.4 Å². The van der Waals surface area contributed by atoms with E-state index in [1.807, 2.05) is 0 Å². The second-order valence-electron chi connectivity index (χ2n) is 6.20. The van der Waals surface area contributed by atoms with Crippen LogP contribution < -0.4 is 10.1 Å². The maximum atomic E-state index is 12.7. The van der Waals surface area contributed by atoms with Gasteiger partial charge in [0.05, 0.1) is 17.4 Å². The van der Waals surface area contributed by atoms with E-state index in [9.17, 15) is 26.4 Å². The van der Waals surface area contributed by atoms with Gasteiger partial charge in [-0.3, -0.25) is 0 Å². The van der Waals surface area contributed by atoms with Crippen molar-refractivity contribution in [3.63, 3.8) is 0 Å². The van der Waals surface area contributed by atoms with Gasteiger partial charge in [0.15, 0.2) is 0 Å². The molecule has 0 spiro atoms. The number of ether oxygens (including phenoxy) is 1. The second-order valence-corrected chi connectivity index (χ2v) is 8.14. The highest BCUT2D eigenvalue weighted by Gasteiger charge is 2.32. The van der Waals surface area contributed by atoms with Gasteiger partial charge in [-0.1, -0.05) is 0 Å². The van der Waals surface area contributed by atoms with Gasteiger partial charge in [-0.2, -0.15) is 4.31 Å². The van der Waals surface area contributed by atoms with Crippen molar-refractivity contribution in [3.8, 4) is 5.75 Å². The van der Waals surface area contributed by atoms with E-state index in [1.54, 1.807) is 6.07 Å². The van der Waals surface area contributed by atoms with Crippen LogP contribution in [0.15, 0.2) is 52.2 Å². The Morgan fingerprint density at radius 3 is 2.31 bits per heavy atom. The summed E-state index contributed by atoms with van der Waals surface area (Å²) in [4.78, 5) is 13.5. The highest BCUT2D eigenvalue weighted by atomic mass is 32.2. The number of furan rings is 1. The van der Waals surface area contributed by atoms with Gasteiger partial charge in [0, 0.05) is 38.3 Å². The summed E-state index contributed by atoms with van der Waals surface area (Å²) in [5, 5.41) is 2.72. The van der Waals surface area contributed by atoms with Crippen molar-refractivity contribution in [1.29, 1.82) is 0 Å². The molecule has 2 amide bonds. The number of benzene rings is 1. The van der Waals surface area contributed by atoms with Crippen molar-refractivity contribution in [3.05, 3.63) is 48.4 Å². The van der Waals surface area contributed by atoms with Crippen molar-refractivity contribution in [1.82, 2.24) is 14.5 Å². The summed E-state index contributed by atoms with van der Waals surface area (Å²) < 4.78 is 71.8. The molecule has 3 rings (SSSR count). The summed E-state index contributed by atoms with van der Waals surface area (Å²) >= 11 is 0. The minimum Gasteiger partial charge on any atom is -0.472 e. The summed E-state index contributed by atoms with van der Waals surface area (Å²) in [6.07, 6.45) is -1.85. The van der Waals surface area contributed by atoms with Crippen LogP contribution in [0.1, 0.15) is 5.56 Å². The SMILES string of the molecule is O=C(NCc1ccoc1)N1CCN(S(=O)(=O)c2ccc(OC(F)(F)F)cc2)CC1. The Hall–Kier alpha value is -2.73. The van der Waals surface area contributed by atoms with Gasteiger partial charge in [0.1, 0.15) is 5.75 Å². The first-order valence-corrected chi connectivity index (χ1v) is 9.99. The largest absolute Gasteiger partial charge is 0.573 e. The van der Waals surface area contributed by atoms with E-state index >= 15 is 0 Å². The molecule has 1 aromatic carbocycles. The van der Waals surface area contributed by atoms with Crippen LogP contribution in [0.4, 0.5) is 18.0 Å². The van der Waals surface area contributed by atoms with E-state index in [2.05, 4.69) is 10.1 Å². The highest BCUT2D eigenvalue weighted by molar-refractivity contribution is 7.89. The molecule has 29 heavy (non-hydrogen) atoms. The summed E-state index contributed by atoms with van der Waals surface area (Å²) in [6, 6.07) is 5.40. The Morgan fingerprint density at radius 1 is 1.10 bits per heavy atom. The lowest BCUT2D eigenvalue weighted by Gasteiger charge is -2.34. The number of hydrogen-bond acceptors (Lipinski definition) is 5. The number of sulfonamides is 1. The number of nitrogens with zero attached hydrogens (tertiary/aromatic N) is 2. The molecule has 12 heteroatoms. The van der Waals surface area contributed by atoms with E-state index in [4.69, 9.17) is 4.42 Å². The van der Waals surface area contributed by atoms with Gasteiger partial charge < -0.3 is 19.4 Å². The molecule has 8 nitrogen and oxygen atoms in total. The number of carbonyl (C=O) groups excluding carboxylic acids is 1. The molecule has 1 saturated heterocycles. The third-order valence-electron chi connectivity index (χ3n) is 4.24. The first-order chi connectivity index (χ1) is 13.6. The van der Waals surface area contributed by atoms with Crippen LogP contribution in [0.5, 0.6) is 5.75 Å². The van der Waals surface area contributed by atoms with Crippen molar-refractivity contribution >= 4 is 16.1 Å². The van der Waals surface area contributed by atoms with Crippen molar-refractivity contribution in [2.45, 2.75) is 17.8 Å². The molecule has 0 bridgehead atoms. The average molecular weight is 433 g/mol. The van der Waals surface area contributed by atoms with Gasteiger partial charge in [-0.25, -0.2) is 13.2 Å². The zero-order valence-corrected chi connectivity index (χ0v) is 15.9. The van der Waals surface area contributed by atoms with Crippen LogP contribution in [0.2, 0.25) is 0 Å². The van der Waals surface area contributed by atoms with E-state index in [0.29, 0.717) is 6.54 Å². The molecule has 1 aromatic heterocycles. The smallest absolute Gasteiger partial charge is 0.472 e. The normalized spacial score (nSPS) is 15.9. The molecule has 158 valence electrons. The van der Waals surface area contributed by atoms with E-state index in [-0.39, 0.29) is 37.1 Å². The van der Waals surface area contributed by atoms with Crippen LogP contribution in [-0.4, -0.2) is 56.2 Å². The Morgan fingerprint density at radius 2 is 1.76 bits per heavy atom. The predicted octanol–water partition coefficient (Wildman–Crippen LogP) is 2.39. The summed E-state index contributed by atoms with van der Waals surface area (Å²) in [7, 11) is -3.89. The fourth-order valence-electron chi connectivity index (χ4n) is 2.78. The number of urea groups is 1. The standard InChI is InChI=1S/C17H18F3N3O5S/c18-17(19,20)28-14-1-3-15(4-2-14)29(25,26)23-8-6-22(7-9-23)16(24)21-11-13-5-10-27-12-13/h1-5,10,12H,6-9,11H2,(H,21,24). The predicted molar refractivity (Wildman–Crippen MR) is 94.4 cm³/mol. The lowest BCUT2D eigenvalue weighted by atomic mass is 10.3. The quantitative estimate of drug-likeness (QED) is 0.782. The lowest BCUT2D eigenvalue weighted by Crippen LogP contribution is -2.52. The average Bonchev–Trinajstić information content (AvgIpc) is 3.19. The number of alkyl halides is 3. The number of piperazine rings is 1. The first kappa shape index (κ1) is 21.0. The zero-order chi connectivity index (χ0) is 21.1. The Balaban J connectivity index is 1.55. The molecule has 0 radical (unpaired) electrons. The van der Waals surface area contributed by atoms with Crippen molar-refractivity contribution in [2.24, 2.45) is 0 Å². The summed E-state index contributed by atoms with van der Waals surface area (Å²) in [5.74, 6) is -0.504. The Bertz CT molecular complexity index is 922. The third-order valence-corrected chi connectivity index (χ3v) is 6.16. The van der Waals surface area contributed by atoms with Crippen LogP contribution in [0.3, 0.4) is 0 Å². The number of halogens is 3. The Kier molecular flexibility index (Phi) is 6.03. The minimum absolute atomic E-state index is 0.0717. The minimum atomic E-state index is -4.85. The van der Waals surface area contributed by atoms with Crippen LogP contribution in [-0.2, 0) is 16.6 Å². The van der Waals surface area contributed by atoms with Crippen molar-refractivity contribution < 1.29 is 35.5 Å². The number of nitrogens with one attached hydrogen (secondary N) is 1. The molecule has 0 unspecified atom stereocenters. The molecule has 2 aromatic rings. The van der Waals surface area contributed by atoms with Crippen LogP contribution in [0, 0.1) is 0 Å². The van der Waals surface area contributed by atoms with E-state index in [1.165, 1.54) is 21.7 Å². The maximum Gasteiger partial charge on any atom is 0.573 e. The summed E-state index contributed by atoms with van der Waals surface area (Å²) in [5.41, 5.74) is 0.803. The molecule has 1 aliphatic heterocycles. The molecular weight excluding hydrogens is 415 g/mol. The monoisotopic (exact) mass is 433 g/mol. The number of hydrogen-bond donors (Lipinski definition) is 1. The number of carbonyl (C=O) groups is 1. The van der Waals surface area contributed by atoms with Gasteiger partial charge in [0.25, 0.3) is 0 Å². The van der Waals surface area contributed by atoms with Crippen molar-refractivity contribution in [2.75, 3.05) is 26.2 Å². The van der Waals surface area contributed by atoms with E-state index < -0.39 is 22.1 Å². The molecule has 0 aliphatic carbocycles. The molecule has 1 aliphatic rings. The maximum absolute atomic E-state index is 12.7. The Labute approximate surface area is 164 Å². The fourth-order valence-corrected chi connectivity index (χ4v) is 4.20.